The van der Waals surface area contributed by atoms with E-state index in [9.17, 15) is 14.7 Å². The number of amides is 2. The Hall–Kier alpha value is -1.14. The highest BCUT2D eigenvalue weighted by molar-refractivity contribution is 5.86. The number of carbonyl (C=O) groups excluding carboxylic acids is 2. The zero-order valence-corrected chi connectivity index (χ0v) is 13.9. The van der Waals surface area contributed by atoms with Gasteiger partial charge in [0.25, 0.3) is 0 Å². The van der Waals surface area contributed by atoms with Crippen LogP contribution in [0.1, 0.15) is 46.5 Å². The third kappa shape index (κ3) is 5.57. The van der Waals surface area contributed by atoms with Gasteiger partial charge in [-0.25, -0.2) is 0 Å². The predicted octanol–water partition coefficient (Wildman–Crippen LogP) is 0.442. The first-order chi connectivity index (χ1) is 10.4. The van der Waals surface area contributed by atoms with Crippen LogP contribution in [-0.2, 0) is 9.59 Å². The van der Waals surface area contributed by atoms with Crippen LogP contribution in [0.3, 0.4) is 0 Å². The number of nitrogens with zero attached hydrogens (tertiary/aromatic N) is 1. The van der Waals surface area contributed by atoms with Crippen molar-refractivity contribution in [3.8, 4) is 0 Å². The van der Waals surface area contributed by atoms with Crippen molar-refractivity contribution in [1.82, 2.24) is 10.2 Å². The highest BCUT2D eigenvalue weighted by atomic mass is 16.3. The minimum Gasteiger partial charge on any atom is -0.390 e. The van der Waals surface area contributed by atoms with E-state index in [2.05, 4.69) is 12.2 Å². The van der Waals surface area contributed by atoms with Crippen LogP contribution in [0.5, 0.6) is 0 Å². The first kappa shape index (κ1) is 18.9. The zero-order chi connectivity index (χ0) is 16.7. The number of primary amides is 1. The van der Waals surface area contributed by atoms with Crippen LogP contribution in [0.25, 0.3) is 0 Å². The van der Waals surface area contributed by atoms with Crippen molar-refractivity contribution < 1.29 is 14.7 Å². The number of aliphatic hydroxyl groups excluding tert-OH is 1. The van der Waals surface area contributed by atoms with Gasteiger partial charge < -0.3 is 21.1 Å². The summed E-state index contributed by atoms with van der Waals surface area (Å²) in [5.74, 6) is -0.875. The number of rotatable bonds is 7. The second-order valence-electron chi connectivity index (χ2n) is 6.30. The van der Waals surface area contributed by atoms with E-state index < -0.39 is 12.0 Å². The number of nitrogens with two attached hydrogens (primary N) is 1. The monoisotopic (exact) mass is 312 g/mol. The molecule has 4 atom stereocenters. The fourth-order valence-electron chi connectivity index (χ4n) is 2.73. The Labute approximate surface area is 133 Å². The van der Waals surface area contributed by atoms with Gasteiger partial charge >= 0.3 is 0 Å². The van der Waals surface area contributed by atoms with E-state index >= 15 is 0 Å². The molecule has 1 aliphatic heterocycles. The molecule has 0 saturated carbocycles. The topological polar surface area (TPSA) is 95.7 Å². The number of hydrogen-bond donors (Lipinski definition) is 3. The van der Waals surface area contributed by atoms with Crippen LogP contribution in [0, 0.1) is 12.3 Å². The number of nitrogens with one attached hydrogen (secondary N) is 1. The maximum Gasteiger partial charge on any atom is 0.226 e. The highest BCUT2D eigenvalue weighted by Gasteiger charge is 2.31. The molecular weight excluding hydrogens is 282 g/mol. The largest absolute Gasteiger partial charge is 0.390 e. The SMILES string of the molecule is CCCN(C(=O)[CH]C[C@H](C)C(N)=O)[C@H]1CC[C@@H](C)NC[C@@H]1O. The maximum atomic E-state index is 12.5. The Kier molecular flexibility index (Phi) is 7.82. The Morgan fingerprint density at radius 3 is 2.73 bits per heavy atom. The van der Waals surface area contributed by atoms with Crippen LogP contribution < -0.4 is 11.1 Å². The van der Waals surface area contributed by atoms with Crippen molar-refractivity contribution in [3.05, 3.63) is 6.42 Å². The quantitative estimate of drug-likeness (QED) is 0.636. The summed E-state index contributed by atoms with van der Waals surface area (Å²) < 4.78 is 0. The van der Waals surface area contributed by atoms with Gasteiger partial charge in [-0.2, -0.15) is 0 Å². The molecule has 0 aromatic rings. The molecule has 4 N–H and O–H groups in total. The van der Waals surface area contributed by atoms with Gasteiger partial charge in [0.15, 0.2) is 0 Å². The summed E-state index contributed by atoms with van der Waals surface area (Å²) in [6.07, 6.45) is 3.83. The van der Waals surface area contributed by atoms with E-state index in [4.69, 9.17) is 5.73 Å². The minimum absolute atomic E-state index is 0.117. The molecule has 1 heterocycles. The van der Waals surface area contributed by atoms with Gasteiger partial charge in [-0.1, -0.05) is 13.8 Å². The molecule has 0 bridgehead atoms. The Morgan fingerprint density at radius 2 is 2.14 bits per heavy atom. The second-order valence-corrected chi connectivity index (χ2v) is 6.30. The summed E-state index contributed by atoms with van der Waals surface area (Å²) in [5, 5.41) is 13.6. The fraction of sp³-hybridized carbons (Fsp3) is 0.812. The Bertz CT molecular complexity index is 376. The summed E-state index contributed by atoms with van der Waals surface area (Å²) in [4.78, 5) is 25.3. The number of carbonyl (C=O) groups is 2. The number of aliphatic hydroxyl groups is 1. The molecule has 1 fully saturated rings. The average Bonchev–Trinajstić information content (AvgIpc) is 2.64. The number of β-amino-alcohol motifs (C(OH)–C–C–N with tert-alkyl or cyclic N) is 1. The van der Waals surface area contributed by atoms with Crippen LogP contribution in [-0.4, -0.2) is 53.1 Å². The third-order valence-electron chi connectivity index (χ3n) is 4.29. The molecule has 6 nitrogen and oxygen atoms in total. The van der Waals surface area contributed by atoms with Gasteiger partial charge in [0, 0.05) is 25.0 Å². The van der Waals surface area contributed by atoms with Gasteiger partial charge in [0.1, 0.15) is 0 Å². The van der Waals surface area contributed by atoms with E-state index in [0.29, 0.717) is 25.6 Å². The van der Waals surface area contributed by atoms with E-state index in [-0.39, 0.29) is 17.9 Å². The molecule has 0 aromatic carbocycles. The summed E-state index contributed by atoms with van der Waals surface area (Å²) in [7, 11) is 0. The van der Waals surface area contributed by atoms with Crippen molar-refractivity contribution in [2.75, 3.05) is 13.1 Å². The lowest BCUT2D eigenvalue weighted by atomic mass is 10.0. The van der Waals surface area contributed by atoms with Gasteiger partial charge in [-0.15, -0.1) is 0 Å². The molecule has 22 heavy (non-hydrogen) atoms. The molecule has 0 spiro atoms. The normalized spacial score (nSPS) is 27.0. The molecular formula is C16H30N3O3. The first-order valence-corrected chi connectivity index (χ1v) is 8.21. The summed E-state index contributed by atoms with van der Waals surface area (Å²) in [6.45, 7) is 6.91. The molecule has 0 unspecified atom stereocenters. The fourth-order valence-corrected chi connectivity index (χ4v) is 2.73. The molecule has 1 radical (unpaired) electrons. The molecule has 2 amide bonds. The van der Waals surface area contributed by atoms with Crippen LogP contribution in [0.15, 0.2) is 0 Å². The lowest BCUT2D eigenvalue weighted by Gasteiger charge is -2.34. The summed E-state index contributed by atoms with van der Waals surface area (Å²) >= 11 is 0. The third-order valence-corrected chi connectivity index (χ3v) is 4.29. The van der Waals surface area contributed by atoms with Crippen molar-refractivity contribution in [3.63, 3.8) is 0 Å². The number of hydrogen-bond acceptors (Lipinski definition) is 4. The molecule has 1 rings (SSSR count). The van der Waals surface area contributed by atoms with Crippen LogP contribution >= 0.6 is 0 Å². The lowest BCUT2D eigenvalue weighted by Crippen LogP contribution is -2.49. The van der Waals surface area contributed by atoms with E-state index in [1.165, 1.54) is 6.42 Å². The summed E-state index contributed by atoms with van der Waals surface area (Å²) in [5.41, 5.74) is 5.23. The molecule has 0 aromatic heterocycles. The molecule has 127 valence electrons. The van der Waals surface area contributed by atoms with Crippen molar-refractivity contribution in [2.24, 2.45) is 11.7 Å². The van der Waals surface area contributed by atoms with Gasteiger partial charge in [-0.05, 0) is 32.6 Å². The average molecular weight is 312 g/mol. The molecule has 1 saturated heterocycles. The molecule has 6 heteroatoms. The lowest BCUT2D eigenvalue weighted by molar-refractivity contribution is -0.132. The predicted molar refractivity (Wildman–Crippen MR) is 85.8 cm³/mol. The Morgan fingerprint density at radius 1 is 1.45 bits per heavy atom. The van der Waals surface area contributed by atoms with Gasteiger partial charge in [0.05, 0.1) is 18.6 Å². The van der Waals surface area contributed by atoms with Gasteiger partial charge in [-0.3, -0.25) is 9.59 Å². The molecule has 1 aliphatic rings. The van der Waals surface area contributed by atoms with Crippen molar-refractivity contribution >= 4 is 11.8 Å². The summed E-state index contributed by atoms with van der Waals surface area (Å²) in [6, 6.07) is 0.169. The second kappa shape index (κ2) is 9.10. The standard InChI is InChI=1S/C16H30N3O3/c1-4-9-19(15(21)8-5-11(2)16(17)22)13-7-6-12(3)18-10-14(13)20/h8,11-14,18,20H,4-7,9-10H2,1-3H3,(H2,17,22)/t11-,12+,13-,14-/m0/s1. The maximum absolute atomic E-state index is 12.5. The highest BCUT2D eigenvalue weighted by Crippen LogP contribution is 2.19. The molecule has 0 aliphatic carbocycles. The van der Waals surface area contributed by atoms with Crippen LogP contribution in [0.4, 0.5) is 0 Å². The van der Waals surface area contributed by atoms with Crippen molar-refractivity contribution in [1.29, 1.82) is 0 Å². The van der Waals surface area contributed by atoms with Crippen LogP contribution in [0.2, 0.25) is 0 Å². The van der Waals surface area contributed by atoms with E-state index in [1.807, 2.05) is 6.92 Å². The Balaban J connectivity index is 2.69. The minimum atomic E-state index is -0.567. The van der Waals surface area contributed by atoms with Gasteiger partial charge in [0.2, 0.25) is 11.8 Å². The van der Waals surface area contributed by atoms with E-state index in [0.717, 1.165) is 19.3 Å². The smallest absolute Gasteiger partial charge is 0.226 e. The first-order valence-electron chi connectivity index (χ1n) is 8.21. The van der Waals surface area contributed by atoms with E-state index in [1.54, 1.807) is 11.8 Å². The zero-order valence-electron chi connectivity index (χ0n) is 13.9. The van der Waals surface area contributed by atoms with Crippen molar-refractivity contribution in [2.45, 2.75) is 64.6 Å².